The van der Waals surface area contributed by atoms with Crippen molar-refractivity contribution in [2.24, 2.45) is 5.73 Å². The first-order chi connectivity index (χ1) is 11.4. The Kier molecular flexibility index (Phi) is 3.89. The summed E-state index contributed by atoms with van der Waals surface area (Å²) >= 11 is 0. The van der Waals surface area contributed by atoms with Crippen molar-refractivity contribution in [3.05, 3.63) is 10.4 Å². The molecule has 2 unspecified atom stereocenters. The van der Waals surface area contributed by atoms with Crippen molar-refractivity contribution < 1.29 is 19.1 Å². The number of carbonyl (C=O) groups is 2. The topological polar surface area (TPSA) is 170 Å². The van der Waals surface area contributed by atoms with E-state index in [2.05, 4.69) is 15.4 Å². The number of carbonyl (C=O) groups excluding carboxylic acids is 2. The van der Waals surface area contributed by atoms with E-state index in [1.807, 2.05) is 0 Å². The molecule has 2 aromatic heterocycles. The summed E-state index contributed by atoms with van der Waals surface area (Å²) in [4.78, 5) is 34.8. The number of esters is 1. The van der Waals surface area contributed by atoms with Crippen LogP contribution in [0, 0.1) is 0 Å². The molecule has 0 aliphatic carbocycles. The number of rotatable bonds is 3. The van der Waals surface area contributed by atoms with Crippen molar-refractivity contribution in [2.45, 2.75) is 32.1 Å². The van der Waals surface area contributed by atoms with E-state index in [9.17, 15) is 14.4 Å². The molecular weight excluding hydrogens is 322 g/mol. The van der Waals surface area contributed by atoms with E-state index in [4.69, 9.17) is 20.9 Å². The maximum atomic E-state index is 12.6. The Hall–Kier alpha value is -3.02. The van der Waals surface area contributed by atoms with Crippen LogP contribution >= 0.6 is 0 Å². The van der Waals surface area contributed by atoms with Gasteiger partial charge in [0.25, 0.3) is 5.56 Å². The summed E-state index contributed by atoms with van der Waals surface area (Å²) in [5, 5.41) is 11.3. The average molecular weight is 337 g/mol. The van der Waals surface area contributed by atoms with Crippen LogP contribution in [0.15, 0.2) is 4.79 Å². The molecule has 3 heterocycles. The number of anilines is 1. The molecule has 0 spiro atoms. The molecule has 2 aromatic rings. The van der Waals surface area contributed by atoms with Gasteiger partial charge in [-0.25, -0.2) is 4.79 Å². The predicted molar refractivity (Wildman–Crippen MR) is 78.8 cm³/mol. The van der Waals surface area contributed by atoms with Crippen LogP contribution in [-0.2, 0) is 14.3 Å². The molecule has 0 radical (unpaired) electrons. The monoisotopic (exact) mass is 337 g/mol. The molecular formula is C12H15N7O5. The van der Waals surface area contributed by atoms with E-state index >= 15 is 0 Å². The lowest BCUT2D eigenvalue weighted by Gasteiger charge is -2.14. The van der Waals surface area contributed by atoms with Crippen LogP contribution in [0.25, 0.3) is 11.0 Å². The molecule has 1 saturated heterocycles. The standard InChI is InChI=1S/C12H15N7O5/c1-5(20)23-4-6-2-3-7(24-6)18-11(21)9-8(15-17-18)10(13)16-19(9)12(14)22/h6-7H,2-4H2,1H3,(H2,13,16)(H2,14,22). The summed E-state index contributed by atoms with van der Waals surface area (Å²) in [7, 11) is 0. The summed E-state index contributed by atoms with van der Waals surface area (Å²) in [6.07, 6.45) is -0.0186. The van der Waals surface area contributed by atoms with Gasteiger partial charge >= 0.3 is 12.0 Å². The van der Waals surface area contributed by atoms with Gasteiger partial charge in [0.05, 0.1) is 6.10 Å². The van der Waals surface area contributed by atoms with Crippen LogP contribution in [0.2, 0.25) is 0 Å². The maximum Gasteiger partial charge on any atom is 0.340 e. The molecule has 3 rings (SSSR count). The summed E-state index contributed by atoms with van der Waals surface area (Å²) in [6.45, 7) is 1.38. The number of aromatic nitrogens is 5. The smallest absolute Gasteiger partial charge is 0.340 e. The van der Waals surface area contributed by atoms with Crippen molar-refractivity contribution in [3.8, 4) is 0 Å². The van der Waals surface area contributed by atoms with Gasteiger partial charge in [-0.05, 0) is 12.8 Å². The Morgan fingerprint density at radius 1 is 1.42 bits per heavy atom. The van der Waals surface area contributed by atoms with Gasteiger partial charge in [0.15, 0.2) is 23.1 Å². The van der Waals surface area contributed by atoms with Crippen LogP contribution in [0.4, 0.5) is 10.6 Å². The minimum Gasteiger partial charge on any atom is -0.463 e. The summed E-state index contributed by atoms with van der Waals surface area (Å²) in [5.41, 5.74) is 9.97. The highest BCUT2D eigenvalue weighted by molar-refractivity contribution is 5.92. The van der Waals surface area contributed by atoms with Gasteiger partial charge in [-0.3, -0.25) is 9.59 Å². The molecule has 1 aliphatic heterocycles. The number of nitrogens with zero attached hydrogens (tertiary/aromatic N) is 5. The van der Waals surface area contributed by atoms with E-state index in [1.165, 1.54) is 6.92 Å². The third kappa shape index (κ3) is 2.67. The summed E-state index contributed by atoms with van der Waals surface area (Å²) < 4.78 is 12.2. The molecule has 0 aromatic carbocycles. The van der Waals surface area contributed by atoms with E-state index in [1.54, 1.807) is 0 Å². The van der Waals surface area contributed by atoms with Gasteiger partial charge in [0, 0.05) is 6.92 Å². The Morgan fingerprint density at radius 2 is 2.17 bits per heavy atom. The Labute approximate surface area is 134 Å². The van der Waals surface area contributed by atoms with E-state index in [0.717, 1.165) is 4.68 Å². The number of amides is 1. The molecule has 0 bridgehead atoms. The fourth-order valence-corrected chi connectivity index (χ4v) is 2.51. The van der Waals surface area contributed by atoms with Crippen LogP contribution in [-0.4, -0.2) is 49.5 Å². The molecule has 24 heavy (non-hydrogen) atoms. The minimum atomic E-state index is -0.964. The van der Waals surface area contributed by atoms with E-state index < -0.39 is 23.8 Å². The lowest BCUT2D eigenvalue weighted by Crippen LogP contribution is -2.32. The third-order valence-electron chi connectivity index (χ3n) is 3.58. The predicted octanol–water partition coefficient (Wildman–Crippen LogP) is -1.26. The largest absolute Gasteiger partial charge is 0.463 e. The van der Waals surface area contributed by atoms with Crippen LogP contribution in [0.3, 0.4) is 0 Å². The third-order valence-corrected chi connectivity index (χ3v) is 3.58. The second kappa shape index (κ2) is 5.88. The van der Waals surface area contributed by atoms with Crippen molar-refractivity contribution in [1.29, 1.82) is 0 Å². The molecule has 2 atom stereocenters. The highest BCUT2D eigenvalue weighted by atomic mass is 16.6. The zero-order valence-electron chi connectivity index (χ0n) is 12.7. The molecule has 12 heteroatoms. The molecule has 1 fully saturated rings. The first-order valence-corrected chi connectivity index (χ1v) is 7.10. The van der Waals surface area contributed by atoms with Gasteiger partial charge in [-0.2, -0.15) is 9.36 Å². The Bertz CT molecular complexity index is 873. The number of hydrogen-bond donors (Lipinski definition) is 2. The second-order valence-electron chi connectivity index (χ2n) is 5.26. The molecule has 0 saturated carbocycles. The molecule has 12 nitrogen and oxygen atoms in total. The van der Waals surface area contributed by atoms with Crippen molar-refractivity contribution in [1.82, 2.24) is 24.8 Å². The molecule has 128 valence electrons. The molecule has 1 amide bonds. The summed E-state index contributed by atoms with van der Waals surface area (Å²) in [6, 6.07) is -0.964. The normalized spacial score (nSPS) is 20.4. The quantitative estimate of drug-likeness (QED) is 0.648. The Balaban J connectivity index is 1.93. The molecule has 4 N–H and O–H groups in total. The van der Waals surface area contributed by atoms with Crippen molar-refractivity contribution in [3.63, 3.8) is 0 Å². The molecule has 1 aliphatic rings. The van der Waals surface area contributed by atoms with Gasteiger partial charge < -0.3 is 20.9 Å². The number of primary amides is 1. The number of hydrogen-bond acceptors (Lipinski definition) is 9. The van der Waals surface area contributed by atoms with Crippen molar-refractivity contribution in [2.75, 3.05) is 12.3 Å². The highest BCUT2D eigenvalue weighted by Crippen LogP contribution is 2.27. The highest BCUT2D eigenvalue weighted by Gasteiger charge is 2.30. The zero-order valence-corrected chi connectivity index (χ0v) is 12.7. The SMILES string of the molecule is CC(=O)OCC1CCC(n2nnc3c(N)nn(C(N)=O)c3c2=O)O1. The fourth-order valence-electron chi connectivity index (χ4n) is 2.51. The van der Waals surface area contributed by atoms with Crippen LogP contribution in [0.5, 0.6) is 0 Å². The van der Waals surface area contributed by atoms with E-state index in [0.29, 0.717) is 17.5 Å². The number of ether oxygens (including phenoxy) is 2. The van der Waals surface area contributed by atoms with E-state index in [-0.39, 0.29) is 29.6 Å². The average Bonchev–Trinajstić information content (AvgIpc) is 3.11. The number of fused-ring (bicyclic) bond motifs is 1. The van der Waals surface area contributed by atoms with Gasteiger partial charge in [-0.1, -0.05) is 5.21 Å². The number of nitrogens with two attached hydrogens (primary N) is 2. The summed E-state index contributed by atoms with van der Waals surface area (Å²) in [5.74, 6) is -0.540. The van der Waals surface area contributed by atoms with Gasteiger partial charge in [0.1, 0.15) is 6.61 Å². The van der Waals surface area contributed by atoms with Crippen molar-refractivity contribution >= 4 is 28.9 Å². The lowest BCUT2D eigenvalue weighted by molar-refractivity contribution is -0.145. The maximum absolute atomic E-state index is 12.6. The lowest BCUT2D eigenvalue weighted by atomic mass is 10.2. The van der Waals surface area contributed by atoms with Crippen LogP contribution in [0.1, 0.15) is 26.0 Å². The van der Waals surface area contributed by atoms with Gasteiger partial charge in [-0.15, -0.1) is 10.2 Å². The Morgan fingerprint density at radius 3 is 2.83 bits per heavy atom. The first kappa shape index (κ1) is 15.9. The number of nitrogen functional groups attached to an aromatic ring is 1. The van der Waals surface area contributed by atoms with Gasteiger partial charge in [0.2, 0.25) is 0 Å². The first-order valence-electron chi connectivity index (χ1n) is 7.10. The fraction of sp³-hybridized carbons (Fsp3) is 0.500. The second-order valence-corrected chi connectivity index (χ2v) is 5.26. The zero-order chi connectivity index (χ0) is 17.4. The minimum absolute atomic E-state index is 0.00971. The van der Waals surface area contributed by atoms with Crippen LogP contribution < -0.4 is 17.0 Å².